The fraction of sp³-hybridized carbons (Fsp3) is 0.562. The molecule has 0 spiro atoms. The zero-order valence-electron chi connectivity index (χ0n) is 12.9. The molecule has 1 amide bonds. The van der Waals surface area contributed by atoms with E-state index in [2.05, 4.69) is 53.6 Å². The Bertz CT molecular complexity index is 445. The molecule has 4 nitrogen and oxygen atoms in total. The van der Waals surface area contributed by atoms with Crippen LogP contribution in [0.3, 0.4) is 0 Å². The molecule has 0 aromatic heterocycles. The summed E-state index contributed by atoms with van der Waals surface area (Å²) in [4.78, 5) is 14.2. The lowest BCUT2D eigenvalue weighted by Gasteiger charge is -2.25. The molecule has 1 saturated heterocycles. The maximum atomic E-state index is 11.8. The average Bonchev–Trinajstić information content (AvgIpc) is 2.41. The van der Waals surface area contributed by atoms with Gasteiger partial charge in [0.15, 0.2) is 0 Å². The van der Waals surface area contributed by atoms with Crippen LogP contribution < -0.4 is 10.6 Å². The van der Waals surface area contributed by atoms with Gasteiger partial charge >= 0.3 is 0 Å². The molecule has 0 aliphatic carbocycles. The van der Waals surface area contributed by atoms with Crippen LogP contribution >= 0.6 is 12.4 Å². The molecule has 1 heterocycles. The van der Waals surface area contributed by atoms with E-state index in [4.69, 9.17) is 0 Å². The van der Waals surface area contributed by atoms with Crippen LogP contribution in [0.5, 0.6) is 0 Å². The van der Waals surface area contributed by atoms with Crippen LogP contribution in [0.2, 0.25) is 0 Å². The van der Waals surface area contributed by atoms with Gasteiger partial charge in [-0.2, -0.15) is 0 Å². The van der Waals surface area contributed by atoms with Crippen LogP contribution in [-0.4, -0.2) is 37.0 Å². The highest BCUT2D eigenvalue weighted by molar-refractivity contribution is 5.85. The van der Waals surface area contributed by atoms with Crippen LogP contribution in [0.25, 0.3) is 0 Å². The summed E-state index contributed by atoms with van der Waals surface area (Å²) in [5.74, 6) is 0.326. The molecular formula is C16H26ClN3O. The van der Waals surface area contributed by atoms with E-state index in [1.165, 1.54) is 11.1 Å². The van der Waals surface area contributed by atoms with Crippen LogP contribution in [0.4, 0.5) is 0 Å². The molecule has 2 rings (SSSR count). The van der Waals surface area contributed by atoms with Crippen molar-refractivity contribution < 1.29 is 4.79 Å². The number of benzene rings is 1. The van der Waals surface area contributed by atoms with E-state index in [1.54, 1.807) is 0 Å². The standard InChI is InChI=1S/C16H25N3O.ClH/c1-3-19(4-2)12-14-7-5-6-13(8-14)9-18-16(20)15-10-17-11-15;/h5-8,15,17H,3-4,9-12H2,1-2H3,(H,18,20);1H. The number of hydrogen-bond donors (Lipinski definition) is 2. The number of rotatable bonds is 7. The van der Waals surface area contributed by atoms with Gasteiger partial charge in [0.05, 0.1) is 5.92 Å². The zero-order valence-corrected chi connectivity index (χ0v) is 13.7. The summed E-state index contributed by atoms with van der Waals surface area (Å²) < 4.78 is 0. The molecule has 1 fully saturated rings. The Kier molecular flexibility index (Phi) is 7.72. The van der Waals surface area contributed by atoms with E-state index in [9.17, 15) is 4.79 Å². The number of nitrogens with one attached hydrogen (secondary N) is 2. The highest BCUT2D eigenvalue weighted by Gasteiger charge is 2.24. The van der Waals surface area contributed by atoms with Gasteiger partial charge in [-0.25, -0.2) is 0 Å². The van der Waals surface area contributed by atoms with Crippen molar-refractivity contribution in [2.75, 3.05) is 26.2 Å². The number of halogens is 1. The molecule has 0 unspecified atom stereocenters. The summed E-state index contributed by atoms with van der Waals surface area (Å²) >= 11 is 0. The van der Waals surface area contributed by atoms with Gasteiger partial charge in [-0.3, -0.25) is 9.69 Å². The lowest BCUT2D eigenvalue weighted by molar-refractivity contribution is -0.126. The highest BCUT2D eigenvalue weighted by atomic mass is 35.5. The lowest BCUT2D eigenvalue weighted by atomic mass is 10.0. The third-order valence-electron chi connectivity index (χ3n) is 3.91. The Hall–Kier alpha value is -1.10. The third kappa shape index (κ3) is 5.30. The van der Waals surface area contributed by atoms with Gasteiger partial charge in [0.25, 0.3) is 0 Å². The molecule has 1 aromatic rings. The Morgan fingerprint density at radius 3 is 2.52 bits per heavy atom. The SMILES string of the molecule is CCN(CC)Cc1cccc(CNC(=O)C2CNC2)c1.Cl. The normalized spacial score (nSPS) is 14.4. The summed E-state index contributed by atoms with van der Waals surface area (Å²) in [6, 6.07) is 8.49. The van der Waals surface area contributed by atoms with E-state index in [0.717, 1.165) is 32.7 Å². The fourth-order valence-corrected chi connectivity index (χ4v) is 2.35. The summed E-state index contributed by atoms with van der Waals surface area (Å²) in [7, 11) is 0. The average molecular weight is 312 g/mol. The monoisotopic (exact) mass is 311 g/mol. The molecular weight excluding hydrogens is 286 g/mol. The number of amides is 1. The Morgan fingerprint density at radius 2 is 1.95 bits per heavy atom. The Morgan fingerprint density at radius 1 is 1.29 bits per heavy atom. The predicted molar refractivity (Wildman–Crippen MR) is 88.5 cm³/mol. The van der Waals surface area contributed by atoms with Gasteiger partial charge in [0, 0.05) is 26.2 Å². The van der Waals surface area contributed by atoms with Crippen molar-refractivity contribution in [3.63, 3.8) is 0 Å². The van der Waals surface area contributed by atoms with Crippen molar-refractivity contribution in [2.45, 2.75) is 26.9 Å². The third-order valence-corrected chi connectivity index (χ3v) is 3.91. The molecule has 1 aliphatic heterocycles. The molecule has 1 aliphatic rings. The molecule has 0 bridgehead atoms. The first kappa shape index (κ1) is 18.0. The molecule has 5 heteroatoms. The van der Waals surface area contributed by atoms with Crippen molar-refractivity contribution in [1.29, 1.82) is 0 Å². The first-order valence-electron chi connectivity index (χ1n) is 7.51. The van der Waals surface area contributed by atoms with E-state index in [1.807, 2.05) is 0 Å². The minimum atomic E-state index is 0. The van der Waals surface area contributed by atoms with Gasteiger partial charge in [0.2, 0.25) is 5.91 Å². The number of nitrogens with zero attached hydrogens (tertiary/aromatic N) is 1. The number of carbonyl (C=O) groups is 1. The lowest BCUT2D eigenvalue weighted by Crippen LogP contribution is -2.50. The van der Waals surface area contributed by atoms with E-state index in [-0.39, 0.29) is 24.2 Å². The minimum absolute atomic E-state index is 0. The van der Waals surface area contributed by atoms with Crippen LogP contribution in [0.15, 0.2) is 24.3 Å². The van der Waals surface area contributed by atoms with E-state index in [0.29, 0.717) is 6.54 Å². The summed E-state index contributed by atoms with van der Waals surface area (Å²) in [5, 5.41) is 6.13. The molecule has 1 aromatic carbocycles. The van der Waals surface area contributed by atoms with Gasteiger partial charge in [-0.1, -0.05) is 38.1 Å². The quantitative estimate of drug-likeness (QED) is 0.807. The number of carbonyl (C=O) groups excluding carboxylic acids is 1. The van der Waals surface area contributed by atoms with E-state index >= 15 is 0 Å². The summed E-state index contributed by atoms with van der Waals surface area (Å²) in [6.07, 6.45) is 0. The first-order chi connectivity index (χ1) is 9.72. The van der Waals surface area contributed by atoms with Crippen molar-refractivity contribution in [3.8, 4) is 0 Å². The van der Waals surface area contributed by atoms with Gasteiger partial charge in [0.1, 0.15) is 0 Å². The Balaban J connectivity index is 0.00000220. The van der Waals surface area contributed by atoms with Crippen LogP contribution in [0, 0.1) is 5.92 Å². The van der Waals surface area contributed by atoms with Gasteiger partial charge in [-0.05, 0) is 24.2 Å². The first-order valence-corrected chi connectivity index (χ1v) is 7.51. The highest BCUT2D eigenvalue weighted by Crippen LogP contribution is 2.09. The van der Waals surface area contributed by atoms with Gasteiger partial charge < -0.3 is 10.6 Å². The molecule has 21 heavy (non-hydrogen) atoms. The summed E-state index contributed by atoms with van der Waals surface area (Å²) in [6.45, 7) is 9.71. The van der Waals surface area contributed by atoms with Gasteiger partial charge in [-0.15, -0.1) is 12.4 Å². The predicted octanol–water partition coefficient (Wildman–Crippen LogP) is 1.79. The second kappa shape index (κ2) is 9.03. The number of hydrogen-bond acceptors (Lipinski definition) is 3. The topological polar surface area (TPSA) is 44.4 Å². The smallest absolute Gasteiger partial charge is 0.225 e. The Labute approximate surface area is 133 Å². The molecule has 0 radical (unpaired) electrons. The van der Waals surface area contributed by atoms with Crippen LogP contribution in [-0.2, 0) is 17.9 Å². The minimum Gasteiger partial charge on any atom is -0.352 e. The van der Waals surface area contributed by atoms with Crippen molar-refractivity contribution >= 4 is 18.3 Å². The van der Waals surface area contributed by atoms with Crippen LogP contribution in [0.1, 0.15) is 25.0 Å². The summed E-state index contributed by atoms with van der Waals surface area (Å²) in [5.41, 5.74) is 2.49. The molecule has 2 N–H and O–H groups in total. The second-order valence-corrected chi connectivity index (χ2v) is 5.35. The van der Waals surface area contributed by atoms with E-state index < -0.39 is 0 Å². The van der Waals surface area contributed by atoms with Crippen molar-refractivity contribution in [1.82, 2.24) is 15.5 Å². The fourth-order valence-electron chi connectivity index (χ4n) is 2.35. The molecule has 0 atom stereocenters. The van der Waals surface area contributed by atoms with Crippen molar-refractivity contribution in [3.05, 3.63) is 35.4 Å². The van der Waals surface area contributed by atoms with Crippen molar-refractivity contribution in [2.24, 2.45) is 5.92 Å². The second-order valence-electron chi connectivity index (χ2n) is 5.35. The molecule has 0 saturated carbocycles. The maximum absolute atomic E-state index is 11.8. The molecule has 118 valence electrons. The largest absolute Gasteiger partial charge is 0.352 e. The maximum Gasteiger partial charge on any atom is 0.225 e. The zero-order chi connectivity index (χ0) is 14.4.